The van der Waals surface area contributed by atoms with Gasteiger partial charge in [-0.1, -0.05) is 83.7 Å². The van der Waals surface area contributed by atoms with Gasteiger partial charge in [0, 0.05) is 55.4 Å². The molecule has 0 spiro atoms. The van der Waals surface area contributed by atoms with Crippen LogP contribution in [0.4, 0.5) is 0 Å². The lowest BCUT2D eigenvalue weighted by atomic mass is 9.88. The molecule has 0 aromatic heterocycles. The van der Waals surface area contributed by atoms with Crippen LogP contribution < -0.4 is 21.1 Å². The fourth-order valence-electron chi connectivity index (χ4n) is 8.58. The number of amidine groups is 2. The molecule has 1 amide bonds. The monoisotopic (exact) mass is 1040 g/mol. The van der Waals surface area contributed by atoms with E-state index >= 15 is 0 Å². The Morgan fingerprint density at radius 2 is 1.23 bits per heavy atom. The highest BCUT2D eigenvalue weighted by molar-refractivity contribution is 6.07. The number of ether oxygens (including phenoxy) is 9. The normalized spacial score (nSPS) is 14.5. The molecule has 3 unspecified atom stereocenters. The molecule has 2 aromatic carbocycles. The average Bonchev–Trinajstić information content (AvgIpc) is 3.41. The molecule has 0 saturated heterocycles. The van der Waals surface area contributed by atoms with Crippen molar-refractivity contribution in [1.82, 2.24) is 20.4 Å². The molecule has 6 N–H and O–H groups in total. The van der Waals surface area contributed by atoms with Gasteiger partial charge in [-0.05, 0) is 82.3 Å². The molecule has 0 aliphatic heterocycles. The largest absolute Gasteiger partial charge is 0.491 e. The zero-order chi connectivity index (χ0) is 53.4. The van der Waals surface area contributed by atoms with Crippen molar-refractivity contribution >= 4 is 17.6 Å². The van der Waals surface area contributed by atoms with Gasteiger partial charge in [0.15, 0.2) is 0 Å². The maximum atomic E-state index is 13.4. The molecule has 3 atom stereocenters. The standard InChI is InChI=1S/C57H97N7O10/c1-7-15-52(63(6)26-24-54(48-16-11-9-12-17-48)62-57(65)50-18-13-10-14-19-50)43-47(5)64(55(59)46(3)4)56(60)49-20-22-53(23-21-49)74-42-41-72-38-37-70-35-36-71-39-40-73-45-51(58)44-61-25-28-67-30-32-69-34-33-68-31-29-66-27-8-2/h9,11-12,16-17,20-23,44,46-47,50,52,54,59-61H,7-8,10,13-15,18-19,24-43,45,58H2,1-6H3,(H,62,65)/b51-44-,59-55?,60-56?. The molecule has 3 rings (SSSR count). The van der Waals surface area contributed by atoms with Crippen LogP contribution in [0.15, 0.2) is 66.5 Å². The van der Waals surface area contributed by atoms with Crippen molar-refractivity contribution in [3.8, 4) is 5.75 Å². The maximum absolute atomic E-state index is 13.4. The number of carbonyl (C=O) groups excluding carboxylic acids is 1. The van der Waals surface area contributed by atoms with E-state index in [0.717, 1.165) is 82.1 Å². The molecule has 74 heavy (non-hydrogen) atoms. The Bertz CT molecular complexity index is 1770. The van der Waals surface area contributed by atoms with Crippen molar-refractivity contribution < 1.29 is 47.4 Å². The number of hydrogen-bond donors (Lipinski definition) is 5. The minimum atomic E-state index is -0.0908. The van der Waals surface area contributed by atoms with Gasteiger partial charge in [0.2, 0.25) is 5.91 Å². The van der Waals surface area contributed by atoms with Crippen molar-refractivity contribution in [3.05, 3.63) is 77.6 Å². The molecule has 1 aliphatic carbocycles. The second kappa shape index (κ2) is 41.1. The van der Waals surface area contributed by atoms with Gasteiger partial charge in [-0.15, -0.1) is 0 Å². The van der Waals surface area contributed by atoms with Crippen LogP contribution in [0.1, 0.15) is 116 Å². The van der Waals surface area contributed by atoms with Crippen LogP contribution in [0.25, 0.3) is 0 Å². The summed E-state index contributed by atoms with van der Waals surface area (Å²) in [6, 6.07) is 18.0. The lowest BCUT2D eigenvalue weighted by Crippen LogP contribution is -2.48. The van der Waals surface area contributed by atoms with E-state index in [0.29, 0.717) is 135 Å². The van der Waals surface area contributed by atoms with Crippen LogP contribution in [-0.2, 0) is 42.7 Å². The summed E-state index contributed by atoms with van der Waals surface area (Å²) in [4.78, 5) is 17.7. The number of benzene rings is 2. The summed E-state index contributed by atoms with van der Waals surface area (Å²) < 4.78 is 50.3. The summed E-state index contributed by atoms with van der Waals surface area (Å²) in [5.74, 6) is 1.65. The fraction of sp³-hybridized carbons (Fsp3) is 0.702. The number of nitrogens with one attached hydrogen (secondary N) is 4. The molecule has 2 aromatic rings. The summed E-state index contributed by atoms with van der Waals surface area (Å²) in [5.41, 5.74) is 8.45. The van der Waals surface area contributed by atoms with E-state index in [4.69, 9.17) is 53.8 Å². The molecule has 420 valence electrons. The van der Waals surface area contributed by atoms with Crippen molar-refractivity contribution in [2.45, 2.75) is 117 Å². The summed E-state index contributed by atoms with van der Waals surface area (Å²) in [7, 11) is 2.18. The molecule has 1 fully saturated rings. The summed E-state index contributed by atoms with van der Waals surface area (Å²) >= 11 is 0. The van der Waals surface area contributed by atoms with Gasteiger partial charge in [-0.2, -0.15) is 0 Å². The van der Waals surface area contributed by atoms with Gasteiger partial charge in [0.1, 0.15) is 24.0 Å². The Kier molecular flexibility index (Phi) is 35.6. The van der Waals surface area contributed by atoms with Crippen molar-refractivity contribution in [2.75, 3.05) is 132 Å². The van der Waals surface area contributed by atoms with E-state index in [1.165, 1.54) is 6.42 Å². The van der Waals surface area contributed by atoms with Crippen molar-refractivity contribution in [3.63, 3.8) is 0 Å². The Morgan fingerprint density at radius 1 is 0.689 bits per heavy atom. The molecule has 0 radical (unpaired) electrons. The number of amides is 1. The second-order valence-corrected chi connectivity index (χ2v) is 19.2. The van der Waals surface area contributed by atoms with E-state index in [9.17, 15) is 10.2 Å². The van der Waals surface area contributed by atoms with Crippen LogP contribution in [0.3, 0.4) is 0 Å². The number of carbonyl (C=O) groups is 1. The first-order valence-electron chi connectivity index (χ1n) is 27.6. The lowest BCUT2D eigenvalue weighted by Gasteiger charge is -2.38. The highest BCUT2D eigenvalue weighted by atomic mass is 16.6. The third-order valence-corrected chi connectivity index (χ3v) is 12.8. The number of nitrogens with zero attached hydrogens (tertiary/aromatic N) is 2. The van der Waals surface area contributed by atoms with Gasteiger partial charge >= 0.3 is 0 Å². The van der Waals surface area contributed by atoms with Gasteiger partial charge in [-0.25, -0.2) is 0 Å². The minimum absolute atomic E-state index is 0.0532. The number of rotatable bonds is 44. The lowest BCUT2D eigenvalue weighted by molar-refractivity contribution is -0.126. The van der Waals surface area contributed by atoms with Gasteiger partial charge < -0.3 is 68.8 Å². The first-order chi connectivity index (χ1) is 36.0. The van der Waals surface area contributed by atoms with E-state index in [1.54, 1.807) is 6.20 Å². The van der Waals surface area contributed by atoms with Crippen LogP contribution in [0.2, 0.25) is 0 Å². The zero-order valence-corrected chi connectivity index (χ0v) is 46.2. The highest BCUT2D eigenvalue weighted by Crippen LogP contribution is 2.27. The fourth-order valence-corrected chi connectivity index (χ4v) is 8.58. The first-order valence-corrected chi connectivity index (χ1v) is 27.6. The van der Waals surface area contributed by atoms with E-state index in [-0.39, 0.29) is 35.9 Å². The Morgan fingerprint density at radius 3 is 1.78 bits per heavy atom. The molecule has 0 bridgehead atoms. The Balaban J connectivity index is 1.27. The van der Waals surface area contributed by atoms with Gasteiger partial charge in [-0.3, -0.25) is 15.6 Å². The number of hydrogen-bond acceptors (Lipinski definition) is 15. The van der Waals surface area contributed by atoms with E-state index in [2.05, 4.69) is 55.5 Å². The zero-order valence-electron chi connectivity index (χ0n) is 46.2. The van der Waals surface area contributed by atoms with Crippen LogP contribution in [-0.4, -0.2) is 172 Å². The predicted octanol–water partition coefficient (Wildman–Crippen LogP) is 7.97. The SMILES string of the molecule is CCCOCCOCCOCCOCCN/C=C(\N)COCCOCCOCCOCCOc1ccc(C(=N)N(C(=N)C(C)C)C(C)CC(CCC)N(C)CCC(NC(=O)C2CCCCC2)c2ccccc2)cc1. The average molecular weight is 1040 g/mol. The second-order valence-electron chi connectivity index (χ2n) is 19.2. The minimum Gasteiger partial charge on any atom is -0.491 e. The summed E-state index contributed by atoms with van der Waals surface area (Å²) in [5, 5.41) is 25.1. The van der Waals surface area contributed by atoms with Crippen LogP contribution in [0.5, 0.6) is 5.75 Å². The first kappa shape index (κ1) is 64.1. The number of nitrogens with two attached hydrogens (primary N) is 1. The molecule has 17 heteroatoms. The Hall–Kier alpha value is -4.17. The summed E-state index contributed by atoms with van der Waals surface area (Å²) in [6.07, 6.45) is 11.8. The molecule has 1 saturated carbocycles. The van der Waals surface area contributed by atoms with Crippen molar-refractivity contribution in [2.24, 2.45) is 17.6 Å². The molecule has 1 aliphatic rings. The molecule has 17 nitrogen and oxygen atoms in total. The third kappa shape index (κ3) is 28.1. The molecular formula is C57H97N7O10. The quantitative estimate of drug-likeness (QED) is 0.0243. The topological polar surface area (TPSA) is 204 Å². The van der Waals surface area contributed by atoms with Gasteiger partial charge in [0.05, 0.1) is 111 Å². The third-order valence-electron chi connectivity index (χ3n) is 12.8. The predicted molar refractivity (Wildman–Crippen MR) is 294 cm³/mol. The molecular weight excluding hydrogens is 943 g/mol. The Labute approximate surface area is 445 Å². The smallest absolute Gasteiger partial charge is 0.223 e. The maximum Gasteiger partial charge on any atom is 0.223 e. The van der Waals surface area contributed by atoms with Crippen LogP contribution in [0, 0.1) is 22.7 Å². The van der Waals surface area contributed by atoms with E-state index in [1.807, 2.05) is 61.2 Å². The van der Waals surface area contributed by atoms with Gasteiger partial charge in [0.25, 0.3) is 0 Å². The highest BCUT2D eigenvalue weighted by Gasteiger charge is 2.29. The summed E-state index contributed by atoms with van der Waals surface area (Å²) in [6.45, 7) is 20.2. The van der Waals surface area contributed by atoms with E-state index < -0.39 is 0 Å². The molecule has 0 heterocycles. The van der Waals surface area contributed by atoms with Crippen LogP contribution >= 0.6 is 0 Å². The van der Waals surface area contributed by atoms with Crippen molar-refractivity contribution in [1.29, 1.82) is 10.8 Å².